The summed E-state index contributed by atoms with van der Waals surface area (Å²) >= 11 is 0. The van der Waals surface area contributed by atoms with Crippen molar-refractivity contribution in [3.63, 3.8) is 0 Å². The topological polar surface area (TPSA) is 85.1 Å². The molecule has 0 saturated carbocycles. The van der Waals surface area contributed by atoms with Crippen LogP contribution < -0.4 is 0 Å². The Balaban J connectivity index is 1.99. The lowest BCUT2D eigenvalue weighted by molar-refractivity contribution is -0.384. The number of hydrogen-bond donors (Lipinski definition) is 1. The second kappa shape index (κ2) is 5.24. The molecule has 3 rings (SSSR count). The molecular formula is C16H22N2O5. The maximum Gasteiger partial charge on any atom is 0.269 e. The molecule has 0 bridgehead atoms. The van der Waals surface area contributed by atoms with Gasteiger partial charge < -0.3 is 9.84 Å². The SMILES string of the molecule is C[C@@H]1ON(C(C)(C)C)[C@@H]2[C@H]1CO[C@]2(O)c1ccc([N+](=O)[O-])cc1. The zero-order valence-electron chi connectivity index (χ0n) is 13.7. The first-order valence-corrected chi connectivity index (χ1v) is 7.72. The fraction of sp³-hybridized carbons (Fsp3) is 0.625. The molecule has 0 aromatic heterocycles. The molecule has 0 aliphatic carbocycles. The summed E-state index contributed by atoms with van der Waals surface area (Å²) in [5.41, 5.74) is 0.175. The summed E-state index contributed by atoms with van der Waals surface area (Å²) in [5, 5.41) is 23.8. The van der Waals surface area contributed by atoms with Crippen molar-refractivity contribution in [2.75, 3.05) is 6.61 Å². The molecule has 2 saturated heterocycles. The number of hydroxylamine groups is 2. The van der Waals surface area contributed by atoms with E-state index in [9.17, 15) is 15.2 Å². The Morgan fingerprint density at radius 2 is 1.96 bits per heavy atom. The van der Waals surface area contributed by atoms with Gasteiger partial charge in [0.25, 0.3) is 5.69 Å². The van der Waals surface area contributed by atoms with Gasteiger partial charge in [-0.2, -0.15) is 5.06 Å². The zero-order chi connectivity index (χ0) is 17.0. The van der Waals surface area contributed by atoms with Crippen molar-refractivity contribution in [3.05, 3.63) is 39.9 Å². The summed E-state index contributed by atoms with van der Waals surface area (Å²) in [6, 6.07) is 5.49. The molecule has 1 aromatic rings. The number of aliphatic hydroxyl groups is 1. The van der Waals surface area contributed by atoms with Crippen LogP contribution in [-0.2, 0) is 15.4 Å². The number of nitrogens with zero attached hydrogens (tertiary/aromatic N) is 2. The van der Waals surface area contributed by atoms with Crippen LogP contribution in [0.2, 0.25) is 0 Å². The van der Waals surface area contributed by atoms with E-state index in [0.717, 1.165) is 0 Å². The predicted molar refractivity (Wildman–Crippen MR) is 82.4 cm³/mol. The van der Waals surface area contributed by atoms with Gasteiger partial charge in [0.1, 0.15) is 6.04 Å². The van der Waals surface area contributed by atoms with E-state index in [-0.39, 0.29) is 29.3 Å². The normalized spacial score (nSPS) is 34.6. The molecule has 0 amide bonds. The maximum atomic E-state index is 11.2. The van der Waals surface area contributed by atoms with Gasteiger partial charge in [0, 0.05) is 29.2 Å². The molecule has 7 nitrogen and oxygen atoms in total. The maximum absolute atomic E-state index is 11.2. The van der Waals surface area contributed by atoms with Gasteiger partial charge in [-0.1, -0.05) is 0 Å². The number of fused-ring (bicyclic) bond motifs is 1. The van der Waals surface area contributed by atoms with Crippen LogP contribution in [0.15, 0.2) is 24.3 Å². The average molecular weight is 322 g/mol. The molecule has 4 atom stereocenters. The Labute approximate surface area is 134 Å². The molecule has 0 unspecified atom stereocenters. The highest BCUT2D eigenvalue weighted by Gasteiger charge is 2.61. The van der Waals surface area contributed by atoms with Crippen LogP contribution in [0.4, 0.5) is 5.69 Å². The first-order chi connectivity index (χ1) is 10.6. The summed E-state index contributed by atoms with van der Waals surface area (Å²) in [4.78, 5) is 16.3. The highest BCUT2D eigenvalue weighted by atomic mass is 16.7. The lowest BCUT2D eigenvalue weighted by Crippen LogP contribution is -2.53. The summed E-state index contributed by atoms with van der Waals surface area (Å²) < 4.78 is 5.75. The predicted octanol–water partition coefficient (Wildman–Crippen LogP) is 2.19. The molecule has 2 aliphatic heterocycles. The monoisotopic (exact) mass is 322 g/mol. The van der Waals surface area contributed by atoms with Crippen LogP contribution in [0, 0.1) is 16.0 Å². The minimum Gasteiger partial charge on any atom is -0.360 e. The van der Waals surface area contributed by atoms with Crippen LogP contribution in [0.3, 0.4) is 0 Å². The van der Waals surface area contributed by atoms with Crippen molar-refractivity contribution in [2.24, 2.45) is 5.92 Å². The number of ether oxygens (including phenoxy) is 1. The van der Waals surface area contributed by atoms with Gasteiger partial charge in [-0.25, -0.2) is 0 Å². The molecule has 0 radical (unpaired) electrons. The Kier molecular flexibility index (Phi) is 3.72. The molecule has 23 heavy (non-hydrogen) atoms. The van der Waals surface area contributed by atoms with Crippen molar-refractivity contribution < 1.29 is 19.6 Å². The van der Waals surface area contributed by atoms with Gasteiger partial charge in [0.05, 0.1) is 17.6 Å². The average Bonchev–Trinajstić information content (AvgIpc) is 2.99. The summed E-state index contributed by atoms with van der Waals surface area (Å²) in [7, 11) is 0. The smallest absolute Gasteiger partial charge is 0.269 e. The molecule has 126 valence electrons. The van der Waals surface area contributed by atoms with E-state index in [1.807, 2.05) is 27.7 Å². The molecule has 2 fully saturated rings. The second-order valence-corrected chi connectivity index (χ2v) is 7.23. The number of nitro groups is 1. The van der Waals surface area contributed by atoms with E-state index in [0.29, 0.717) is 12.2 Å². The van der Waals surface area contributed by atoms with E-state index in [1.54, 1.807) is 17.2 Å². The van der Waals surface area contributed by atoms with Crippen LogP contribution in [0.1, 0.15) is 33.3 Å². The Bertz CT molecular complexity index is 612. The fourth-order valence-corrected chi connectivity index (χ4v) is 3.39. The van der Waals surface area contributed by atoms with Crippen LogP contribution in [-0.4, -0.2) is 39.4 Å². The summed E-state index contributed by atoms with van der Waals surface area (Å²) in [6.45, 7) is 8.38. The van der Waals surface area contributed by atoms with Crippen molar-refractivity contribution in [2.45, 2.75) is 51.2 Å². The van der Waals surface area contributed by atoms with Gasteiger partial charge in [-0.05, 0) is 39.8 Å². The van der Waals surface area contributed by atoms with E-state index in [1.165, 1.54) is 12.1 Å². The third kappa shape index (κ3) is 2.53. The van der Waals surface area contributed by atoms with E-state index in [4.69, 9.17) is 9.57 Å². The van der Waals surface area contributed by atoms with Crippen LogP contribution in [0.25, 0.3) is 0 Å². The third-order valence-electron chi connectivity index (χ3n) is 4.59. The van der Waals surface area contributed by atoms with Gasteiger partial charge in [0.15, 0.2) is 0 Å². The summed E-state index contributed by atoms with van der Waals surface area (Å²) in [6.07, 6.45) is -0.0636. The minimum atomic E-state index is -1.54. The number of hydrogen-bond acceptors (Lipinski definition) is 6. The Morgan fingerprint density at radius 1 is 1.35 bits per heavy atom. The number of non-ortho nitro benzene ring substituents is 1. The van der Waals surface area contributed by atoms with Crippen LogP contribution >= 0.6 is 0 Å². The molecule has 2 heterocycles. The fourth-order valence-electron chi connectivity index (χ4n) is 3.39. The van der Waals surface area contributed by atoms with Crippen molar-refractivity contribution in [3.8, 4) is 0 Å². The van der Waals surface area contributed by atoms with E-state index < -0.39 is 10.7 Å². The zero-order valence-corrected chi connectivity index (χ0v) is 13.7. The van der Waals surface area contributed by atoms with Gasteiger partial charge in [-0.15, -0.1) is 0 Å². The molecule has 1 aromatic carbocycles. The molecule has 1 N–H and O–H groups in total. The van der Waals surface area contributed by atoms with Crippen molar-refractivity contribution in [1.82, 2.24) is 5.06 Å². The van der Waals surface area contributed by atoms with E-state index >= 15 is 0 Å². The lowest BCUT2D eigenvalue weighted by atomic mass is 9.87. The number of rotatable bonds is 2. The molecular weight excluding hydrogens is 300 g/mol. The standard InChI is InChI=1S/C16H22N2O5/c1-10-13-9-22-16(19,14(13)17(23-10)15(2,3)4)11-5-7-12(8-6-11)18(20)21/h5-8,10,13-14,19H,9H2,1-4H3/t10-,13-,14+,16+/m0/s1. The van der Waals surface area contributed by atoms with Crippen LogP contribution in [0.5, 0.6) is 0 Å². The summed E-state index contributed by atoms with van der Waals surface area (Å²) in [5.74, 6) is -1.51. The molecule has 7 heteroatoms. The van der Waals surface area contributed by atoms with Crippen molar-refractivity contribution >= 4 is 5.69 Å². The highest BCUT2D eigenvalue weighted by Crippen LogP contribution is 2.48. The second-order valence-electron chi connectivity index (χ2n) is 7.23. The quantitative estimate of drug-likeness (QED) is 0.663. The van der Waals surface area contributed by atoms with Gasteiger partial charge in [-0.3, -0.25) is 15.0 Å². The highest BCUT2D eigenvalue weighted by molar-refractivity contribution is 5.36. The first-order valence-electron chi connectivity index (χ1n) is 7.72. The Hall–Kier alpha value is -1.54. The van der Waals surface area contributed by atoms with Crippen molar-refractivity contribution in [1.29, 1.82) is 0 Å². The minimum absolute atomic E-state index is 0.0179. The van der Waals surface area contributed by atoms with Gasteiger partial charge in [0.2, 0.25) is 5.79 Å². The first kappa shape index (κ1) is 16.3. The van der Waals surface area contributed by atoms with E-state index in [2.05, 4.69) is 0 Å². The number of benzene rings is 1. The number of nitro benzene ring substituents is 1. The lowest BCUT2D eigenvalue weighted by Gasteiger charge is -2.40. The molecule has 2 aliphatic rings. The van der Waals surface area contributed by atoms with Gasteiger partial charge >= 0.3 is 0 Å². The largest absolute Gasteiger partial charge is 0.360 e. The molecule has 0 spiro atoms. The third-order valence-corrected chi connectivity index (χ3v) is 4.59. The Morgan fingerprint density at radius 3 is 2.48 bits per heavy atom.